The quantitative estimate of drug-likeness (QED) is 0.925. The first-order valence-corrected chi connectivity index (χ1v) is 6.31. The third kappa shape index (κ3) is 4.39. The average Bonchev–Trinajstić information content (AvgIpc) is 2.20. The number of carbonyl (C=O) groups is 1. The maximum absolute atomic E-state index is 11.8. The van der Waals surface area contributed by atoms with E-state index in [0.29, 0.717) is 21.4 Å². The van der Waals surface area contributed by atoms with Gasteiger partial charge in [-0.05, 0) is 32.4 Å². The van der Waals surface area contributed by atoms with Crippen LogP contribution in [0.3, 0.4) is 0 Å². The van der Waals surface area contributed by atoms with Gasteiger partial charge in [0, 0.05) is 16.6 Å². The minimum Gasteiger partial charge on any atom is -0.495 e. The van der Waals surface area contributed by atoms with Crippen molar-refractivity contribution in [1.29, 1.82) is 0 Å². The molecular weight excluding hydrogens is 273 g/mol. The van der Waals surface area contributed by atoms with Crippen LogP contribution in [-0.2, 0) is 11.2 Å². The molecule has 1 amide bonds. The molecule has 0 aliphatic carbocycles. The molecule has 0 saturated heterocycles. The monoisotopic (exact) mass is 289 g/mol. The molecule has 0 aliphatic heterocycles. The highest BCUT2D eigenvalue weighted by atomic mass is 35.5. The van der Waals surface area contributed by atoms with Crippen molar-refractivity contribution in [2.75, 3.05) is 7.11 Å². The fourth-order valence-electron chi connectivity index (χ4n) is 1.50. The fraction of sp³-hybridized carbons (Fsp3) is 0.462. The van der Waals surface area contributed by atoms with E-state index in [0.717, 1.165) is 0 Å². The second-order valence-electron chi connectivity index (χ2n) is 5.05. The normalized spacial score (nSPS) is 11.2. The van der Waals surface area contributed by atoms with E-state index in [1.54, 1.807) is 12.1 Å². The molecule has 1 N–H and O–H groups in total. The Morgan fingerprint density at radius 2 is 1.89 bits per heavy atom. The van der Waals surface area contributed by atoms with Gasteiger partial charge in [-0.1, -0.05) is 23.2 Å². The lowest BCUT2D eigenvalue weighted by Gasteiger charge is -2.20. The Balaban J connectivity index is 2.86. The van der Waals surface area contributed by atoms with Crippen LogP contribution in [0.5, 0.6) is 5.75 Å². The van der Waals surface area contributed by atoms with Gasteiger partial charge in [0.2, 0.25) is 5.91 Å². The van der Waals surface area contributed by atoms with Crippen molar-refractivity contribution in [3.05, 3.63) is 27.7 Å². The molecular formula is C13H17Cl2NO2. The summed E-state index contributed by atoms with van der Waals surface area (Å²) in [5, 5.41) is 3.79. The Labute approximate surface area is 117 Å². The van der Waals surface area contributed by atoms with Crippen molar-refractivity contribution >= 4 is 29.1 Å². The molecule has 0 heterocycles. The third-order valence-corrected chi connectivity index (χ3v) is 2.83. The van der Waals surface area contributed by atoms with Crippen LogP contribution in [-0.4, -0.2) is 18.6 Å². The van der Waals surface area contributed by atoms with Gasteiger partial charge in [-0.2, -0.15) is 0 Å². The Bertz CT molecular complexity index is 453. The summed E-state index contributed by atoms with van der Waals surface area (Å²) in [6.07, 6.45) is 0.194. The van der Waals surface area contributed by atoms with E-state index in [1.807, 2.05) is 20.8 Å². The summed E-state index contributed by atoms with van der Waals surface area (Å²) < 4.78 is 5.05. The van der Waals surface area contributed by atoms with Crippen LogP contribution in [0.4, 0.5) is 0 Å². The number of carbonyl (C=O) groups excluding carboxylic acids is 1. The van der Waals surface area contributed by atoms with E-state index in [9.17, 15) is 4.79 Å². The highest BCUT2D eigenvalue weighted by Gasteiger charge is 2.16. The lowest BCUT2D eigenvalue weighted by molar-refractivity contribution is -0.121. The first-order chi connectivity index (χ1) is 8.23. The lowest BCUT2D eigenvalue weighted by atomic mass is 10.1. The number of halogens is 2. The molecule has 0 aromatic heterocycles. The molecule has 1 aromatic rings. The van der Waals surface area contributed by atoms with E-state index in [1.165, 1.54) is 7.11 Å². The number of hydrogen-bond acceptors (Lipinski definition) is 2. The minimum absolute atomic E-state index is 0.0920. The van der Waals surface area contributed by atoms with E-state index in [4.69, 9.17) is 27.9 Å². The molecule has 0 atom stereocenters. The van der Waals surface area contributed by atoms with Gasteiger partial charge < -0.3 is 10.1 Å². The summed E-state index contributed by atoms with van der Waals surface area (Å²) >= 11 is 12.1. The zero-order valence-electron chi connectivity index (χ0n) is 10.9. The zero-order chi connectivity index (χ0) is 13.9. The van der Waals surface area contributed by atoms with Crippen LogP contribution in [0.25, 0.3) is 0 Å². The molecule has 3 nitrogen and oxygen atoms in total. The second kappa shape index (κ2) is 5.81. The van der Waals surface area contributed by atoms with Gasteiger partial charge in [0.15, 0.2) is 0 Å². The Hall–Kier alpha value is -0.930. The van der Waals surface area contributed by atoms with Gasteiger partial charge in [-0.25, -0.2) is 0 Å². The van der Waals surface area contributed by atoms with Gasteiger partial charge in [-0.15, -0.1) is 0 Å². The van der Waals surface area contributed by atoms with Crippen molar-refractivity contribution < 1.29 is 9.53 Å². The molecule has 1 rings (SSSR count). The van der Waals surface area contributed by atoms with Crippen LogP contribution in [0.2, 0.25) is 10.0 Å². The van der Waals surface area contributed by atoms with Crippen LogP contribution >= 0.6 is 23.2 Å². The van der Waals surface area contributed by atoms with Crippen molar-refractivity contribution in [2.45, 2.75) is 32.7 Å². The lowest BCUT2D eigenvalue weighted by Crippen LogP contribution is -2.41. The van der Waals surface area contributed by atoms with Crippen LogP contribution in [0.15, 0.2) is 12.1 Å². The van der Waals surface area contributed by atoms with E-state index in [2.05, 4.69) is 5.32 Å². The van der Waals surface area contributed by atoms with Crippen molar-refractivity contribution in [3.63, 3.8) is 0 Å². The van der Waals surface area contributed by atoms with Crippen molar-refractivity contribution in [1.82, 2.24) is 5.32 Å². The Morgan fingerprint density at radius 1 is 1.28 bits per heavy atom. The smallest absolute Gasteiger partial charge is 0.224 e. The molecule has 0 saturated carbocycles. The number of amides is 1. The van der Waals surface area contributed by atoms with Crippen LogP contribution < -0.4 is 10.1 Å². The summed E-state index contributed by atoms with van der Waals surface area (Å²) in [4.78, 5) is 11.8. The van der Waals surface area contributed by atoms with E-state index < -0.39 is 0 Å². The first kappa shape index (κ1) is 15.1. The summed E-state index contributed by atoms with van der Waals surface area (Å²) in [6.45, 7) is 5.77. The number of methoxy groups -OCH3 is 1. The maximum Gasteiger partial charge on any atom is 0.224 e. The van der Waals surface area contributed by atoms with Gasteiger partial charge in [0.1, 0.15) is 5.75 Å². The van der Waals surface area contributed by atoms with E-state index >= 15 is 0 Å². The highest BCUT2D eigenvalue weighted by molar-refractivity contribution is 6.34. The van der Waals surface area contributed by atoms with Crippen molar-refractivity contribution in [3.8, 4) is 5.75 Å². The average molecular weight is 290 g/mol. The van der Waals surface area contributed by atoms with Gasteiger partial charge >= 0.3 is 0 Å². The third-order valence-electron chi connectivity index (χ3n) is 2.19. The number of rotatable bonds is 3. The SMILES string of the molecule is COc1cc(Cl)c(CC(=O)NC(C)(C)C)cc1Cl. The number of ether oxygens (including phenoxy) is 1. The van der Waals surface area contributed by atoms with Crippen LogP contribution in [0.1, 0.15) is 26.3 Å². The summed E-state index contributed by atoms with van der Waals surface area (Å²) in [7, 11) is 1.52. The molecule has 0 aliphatic rings. The zero-order valence-corrected chi connectivity index (χ0v) is 12.4. The maximum atomic E-state index is 11.8. The van der Waals surface area contributed by atoms with Crippen LogP contribution in [0, 0.1) is 0 Å². The number of benzene rings is 1. The molecule has 18 heavy (non-hydrogen) atoms. The molecule has 0 fully saturated rings. The van der Waals surface area contributed by atoms with Gasteiger partial charge in [-0.3, -0.25) is 4.79 Å². The Morgan fingerprint density at radius 3 is 2.39 bits per heavy atom. The molecule has 0 radical (unpaired) electrons. The molecule has 0 spiro atoms. The topological polar surface area (TPSA) is 38.3 Å². The number of nitrogens with one attached hydrogen (secondary N) is 1. The predicted molar refractivity (Wildman–Crippen MR) is 74.6 cm³/mol. The molecule has 0 unspecified atom stereocenters. The van der Waals surface area contributed by atoms with Gasteiger partial charge in [0.25, 0.3) is 0 Å². The second-order valence-corrected chi connectivity index (χ2v) is 5.87. The highest BCUT2D eigenvalue weighted by Crippen LogP contribution is 2.31. The minimum atomic E-state index is -0.264. The Kier molecular flexibility index (Phi) is 4.88. The molecule has 1 aromatic carbocycles. The summed E-state index contributed by atoms with van der Waals surface area (Å²) in [5.74, 6) is 0.410. The van der Waals surface area contributed by atoms with Gasteiger partial charge in [0.05, 0.1) is 18.6 Å². The standard InChI is InChI=1S/C13H17Cl2NO2/c1-13(2,3)16-12(17)6-8-5-10(15)11(18-4)7-9(8)14/h5,7H,6H2,1-4H3,(H,16,17). The molecule has 100 valence electrons. The molecule has 0 bridgehead atoms. The number of hydrogen-bond donors (Lipinski definition) is 1. The molecule has 5 heteroatoms. The fourth-order valence-corrected chi connectivity index (χ4v) is 1.98. The van der Waals surface area contributed by atoms with E-state index in [-0.39, 0.29) is 17.9 Å². The summed E-state index contributed by atoms with van der Waals surface area (Å²) in [6, 6.07) is 3.27. The summed E-state index contributed by atoms with van der Waals surface area (Å²) in [5.41, 5.74) is 0.420. The van der Waals surface area contributed by atoms with Crippen molar-refractivity contribution in [2.24, 2.45) is 0 Å². The first-order valence-electron chi connectivity index (χ1n) is 5.56. The predicted octanol–water partition coefficient (Wildman–Crippen LogP) is 3.46. The largest absolute Gasteiger partial charge is 0.495 e.